The highest BCUT2D eigenvalue weighted by atomic mass is 35.5. The van der Waals surface area contributed by atoms with E-state index >= 15 is 0 Å². The highest BCUT2D eigenvalue weighted by Gasteiger charge is 2.16. The maximum Gasteiger partial charge on any atom is 0.264 e. The van der Waals surface area contributed by atoms with E-state index < -0.39 is 0 Å². The molecular weight excluding hydrogens is 386 g/mol. The third-order valence-electron chi connectivity index (χ3n) is 4.02. The first-order chi connectivity index (χ1) is 12.9. The van der Waals surface area contributed by atoms with Crippen LogP contribution in [0.3, 0.4) is 0 Å². The summed E-state index contributed by atoms with van der Waals surface area (Å²) >= 11 is 7.34. The summed E-state index contributed by atoms with van der Waals surface area (Å²) in [5.74, 6) is 0.0837. The zero-order chi connectivity index (χ0) is 19.1. The third-order valence-corrected chi connectivity index (χ3v) is 5.19. The van der Waals surface area contributed by atoms with Crippen LogP contribution < -0.4 is 10.1 Å². The number of pyridine rings is 1. The summed E-state index contributed by atoms with van der Waals surface area (Å²) in [6.07, 6.45) is 0. The minimum absolute atomic E-state index is 0.171. The topological polar surface area (TPSA) is 81.9 Å². The lowest BCUT2D eigenvalue weighted by Gasteiger charge is -2.04. The van der Waals surface area contributed by atoms with Gasteiger partial charge in [-0.1, -0.05) is 22.9 Å². The average Bonchev–Trinajstić information content (AvgIpc) is 3.13. The molecule has 138 valence electrons. The Morgan fingerprint density at radius 3 is 2.93 bits per heavy atom. The number of rotatable bonds is 4. The van der Waals surface area contributed by atoms with E-state index in [0.29, 0.717) is 16.0 Å². The van der Waals surface area contributed by atoms with Crippen molar-refractivity contribution in [1.82, 2.24) is 19.7 Å². The Bertz CT molecular complexity index is 1180. The lowest BCUT2D eigenvalue weighted by molar-refractivity contribution is -0.118. The number of nitrogens with zero attached hydrogens (tertiary/aromatic N) is 4. The van der Waals surface area contributed by atoms with Crippen molar-refractivity contribution in [2.45, 2.75) is 13.8 Å². The highest BCUT2D eigenvalue weighted by molar-refractivity contribution is 7.22. The van der Waals surface area contributed by atoms with Crippen LogP contribution in [0.15, 0.2) is 24.3 Å². The van der Waals surface area contributed by atoms with Crippen molar-refractivity contribution in [3.63, 3.8) is 0 Å². The molecule has 1 N–H and O–H groups in total. The second-order valence-electron chi connectivity index (χ2n) is 6.18. The molecule has 0 fully saturated rings. The first kappa shape index (κ1) is 17.7. The molecular formula is C18H16ClN5O2S. The molecule has 0 aliphatic rings. The second kappa shape index (κ2) is 6.79. The van der Waals surface area contributed by atoms with E-state index in [1.807, 2.05) is 32.0 Å². The Labute approximate surface area is 163 Å². The molecule has 1 amide bonds. The van der Waals surface area contributed by atoms with Gasteiger partial charge < -0.3 is 4.74 Å². The Morgan fingerprint density at radius 1 is 1.30 bits per heavy atom. The SMILES string of the molecule is Cc1cc(C)c2c(OCC(=O)Nc3nc4ccc(Cl)cc4s3)nn(C)c2n1. The predicted octanol–water partition coefficient (Wildman–Crippen LogP) is 3.87. The van der Waals surface area contributed by atoms with Crippen LogP contribution in [-0.2, 0) is 11.8 Å². The fraction of sp³-hybridized carbons (Fsp3) is 0.222. The van der Waals surface area contributed by atoms with Gasteiger partial charge in [0.15, 0.2) is 17.4 Å². The molecule has 0 aliphatic carbocycles. The molecule has 3 aromatic heterocycles. The molecule has 0 radical (unpaired) electrons. The van der Waals surface area contributed by atoms with Gasteiger partial charge in [-0.15, -0.1) is 5.10 Å². The summed E-state index contributed by atoms with van der Waals surface area (Å²) in [5, 5.41) is 9.03. The molecule has 7 nitrogen and oxygen atoms in total. The number of amides is 1. The molecule has 0 atom stereocenters. The number of benzene rings is 1. The molecule has 0 aliphatic heterocycles. The van der Waals surface area contributed by atoms with Crippen molar-refractivity contribution < 1.29 is 9.53 Å². The number of aryl methyl sites for hydroxylation is 3. The summed E-state index contributed by atoms with van der Waals surface area (Å²) in [6.45, 7) is 3.73. The van der Waals surface area contributed by atoms with Gasteiger partial charge in [0.25, 0.3) is 5.91 Å². The zero-order valence-corrected chi connectivity index (χ0v) is 16.5. The van der Waals surface area contributed by atoms with Crippen molar-refractivity contribution in [2.75, 3.05) is 11.9 Å². The first-order valence-corrected chi connectivity index (χ1v) is 9.40. The van der Waals surface area contributed by atoms with Crippen LogP contribution in [0, 0.1) is 13.8 Å². The van der Waals surface area contributed by atoms with Crippen molar-refractivity contribution in [3.8, 4) is 5.88 Å². The van der Waals surface area contributed by atoms with Crippen molar-refractivity contribution in [2.24, 2.45) is 7.05 Å². The Hall–Kier alpha value is -2.71. The van der Waals surface area contributed by atoms with Crippen LogP contribution in [0.4, 0.5) is 5.13 Å². The number of aromatic nitrogens is 4. The minimum Gasteiger partial charge on any atom is -0.466 e. The molecule has 0 saturated carbocycles. The van der Waals surface area contributed by atoms with Crippen molar-refractivity contribution in [3.05, 3.63) is 40.5 Å². The molecule has 0 unspecified atom stereocenters. The largest absolute Gasteiger partial charge is 0.466 e. The lowest BCUT2D eigenvalue weighted by atomic mass is 10.2. The van der Waals surface area contributed by atoms with E-state index in [-0.39, 0.29) is 12.5 Å². The van der Waals surface area contributed by atoms with Gasteiger partial charge in [0.2, 0.25) is 5.88 Å². The number of hydrogen-bond acceptors (Lipinski definition) is 6. The fourth-order valence-electron chi connectivity index (χ4n) is 2.89. The van der Waals surface area contributed by atoms with Crippen LogP contribution in [0.1, 0.15) is 11.3 Å². The number of carbonyl (C=O) groups excluding carboxylic acids is 1. The first-order valence-electron chi connectivity index (χ1n) is 8.20. The number of ether oxygens (including phenoxy) is 1. The standard InChI is InChI=1S/C18H16ClN5O2S/c1-9-6-10(2)20-16-15(9)17(23-24(16)3)26-8-14(25)22-18-21-12-5-4-11(19)7-13(12)27-18/h4-7H,8H2,1-3H3,(H,21,22,25). The second-order valence-corrected chi connectivity index (χ2v) is 7.64. The lowest BCUT2D eigenvalue weighted by Crippen LogP contribution is -2.20. The van der Waals surface area contributed by atoms with E-state index in [4.69, 9.17) is 16.3 Å². The number of thiazole rings is 1. The Kier molecular flexibility index (Phi) is 4.45. The van der Waals surface area contributed by atoms with E-state index in [1.54, 1.807) is 17.8 Å². The van der Waals surface area contributed by atoms with Gasteiger partial charge >= 0.3 is 0 Å². The van der Waals surface area contributed by atoms with Crippen molar-refractivity contribution in [1.29, 1.82) is 0 Å². The maximum atomic E-state index is 12.3. The van der Waals surface area contributed by atoms with E-state index in [0.717, 1.165) is 32.5 Å². The van der Waals surface area contributed by atoms with E-state index in [9.17, 15) is 4.79 Å². The van der Waals surface area contributed by atoms with Gasteiger partial charge in [0, 0.05) is 17.8 Å². The molecule has 4 rings (SSSR count). The van der Waals surface area contributed by atoms with Gasteiger partial charge in [-0.3, -0.25) is 10.1 Å². The van der Waals surface area contributed by atoms with Crippen LogP contribution in [-0.4, -0.2) is 32.3 Å². The average molecular weight is 402 g/mol. The van der Waals surface area contributed by atoms with Gasteiger partial charge in [-0.05, 0) is 43.7 Å². The van der Waals surface area contributed by atoms with Crippen LogP contribution >= 0.6 is 22.9 Å². The number of halogens is 1. The van der Waals surface area contributed by atoms with Crippen LogP contribution in [0.2, 0.25) is 5.02 Å². The van der Waals surface area contributed by atoms with Crippen LogP contribution in [0.25, 0.3) is 21.3 Å². The molecule has 0 spiro atoms. The monoisotopic (exact) mass is 401 g/mol. The fourth-order valence-corrected chi connectivity index (χ4v) is 4.05. The predicted molar refractivity (Wildman–Crippen MR) is 107 cm³/mol. The van der Waals surface area contributed by atoms with Gasteiger partial charge in [-0.25, -0.2) is 14.6 Å². The molecule has 4 aromatic rings. The Balaban J connectivity index is 1.50. The Morgan fingerprint density at radius 2 is 2.11 bits per heavy atom. The summed E-state index contributed by atoms with van der Waals surface area (Å²) in [6, 6.07) is 7.36. The number of carbonyl (C=O) groups is 1. The van der Waals surface area contributed by atoms with Gasteiger partial charge in [-0.2, -0.15) is 0 Å². The molecule has 9 heteroatoms. The van der Waals surface area contributed by atoms with Crippen molar-refractivity contribution >= 4 is 55.2 Å². The summed E-state index contributed by atoms with van der Waals surface area (Å²) in [5.41, 5.74) is 3.42. The number of hydrogen-bond donors (Lipinski definition) is 1. The molecule has 1 aromatic carbocycles. The number of anilines is 1. The van der Waals surface area contributed by atoms with E-state index in [2.05, 4.69) is 20.4 Å². The smallest absolute Gasteiger partial charge is 0.264 e. The zero-order valence-electron chi connectivity index (χ0n) is 14.9. The minimum atomic E-state index is -0.309. The number of nitrogens with one attached hydrogen (secondary N) is 1. The van der Waals surface area contributed by atoms with E-state index in [1.165, 1.54) is 11.3 Å². The maximum absolute atomic E-state index is 12.3. The highest BCUT2D eigenvalue weighted by Crippen LogP contribution is 2.29. The normalized spacial score (nSPS) is 11.3. The quantitative estimate of drug-likeness (QED) is 0.561. The van der Waals surface area contributed by atoms with Gasteiger partial charge in [0.05, 0.1) is 15.6 Å². The van der Waals surface area contributed by atoms with Gasteiger partial charge in [0.1, 0.15) is 0 Å². The number of fused-ring (bicyclic) bond motifs is 2. The molecule has 0 bridgehead atoms. The molecule has 27 heavy (non-hydrogen) atoms. The summed E-state index contributed by atoms with van der Waals surface area (Å²) < 4.78 is 8.22. The molecule has 3 heterocycles. The molecule has 0 saturated heterocycles. The summed E-state index contributed by atoms with van der Waals surface area (Å²) in [4.78, 5) is 21.1. The third kappa shape index (κ3) is 3.45. The summed E-state index contributed by atoms with van der Waals surface area (Å²) in [7, 11) is 1.80. The van der Waals surface area contributed by atoms with Crippen LogP contribution in [0.5, 0.6) is 5.88 Å².